The summed E-state index contributed by atoms with van der Waals surface area (Å²) in [6, 6.07) is 11.0. The number of carbonyl (C=O) groups is 1. The molecule has 0 atom stereocenters. The van der Waals surface area contributed by atoms with Gasteiger partial charge in [-0.25, -0.2) is 9.48 Å². The first-order valence-corrected chi connectivity index (χ1v) is 7.91. The van der Waals surface area contributed by atoms with E-state index in [1.807, 2.05) is 30.3 Å². The van der Waals surface area contributed by atoms with Crippen molar-refractivity contribution < 1.29 is 14.6 Å². The summed E-state index contributed by atoms with van der Waals surface area (Å²) in [4.78, 5) is 16.5. The van der Waals surface area contributed by atoms with Gasteiger partial charge in [-0.15, -0.1) is 0 Å². The third kappa shape index (κ3) is 3.77. The summed E-state index contributed by atoms with van der Waals surface area (Å²) in [7, 11) is 0. The highest BCUT2D eigenvalue weighted by molar-refractivity contribution is 5.89. The number of benzene rings is 1. The first kappa shape index (κ1) is 16.9. The Morgan fingerprint density at radius 2 is 2.08 bits per heavy atom. The summed E-state index contributed by atoms with van der Waals surface area (Å²) in [5, 5.41) is 17.4. The summed E-state index contributed by atoms with van der Waals surface area (Å²) in [5.41, 5.74) is 1.38. The van der Waals surface area contributed by atoms with Crippen molar-refractivity contribution in [1.82, 2.24) is 14.8 Å². The number of aliphatic hydroxyl groups excluding tert-OH is 1. The second-order valence-corrected chi connectivity index (χ2v) is 6.56. The molecule has 130 valence electrons. The van der Waals surface area contributed by atoms with Crippen molar-refractivity contribution in [2.24, 2.45) is 0 Å². The summed E-state index contributed by atoms with van der Waals surface area (Å²) < 4.78 is 6.87. The van der Waals surface area contributed by atoms with E-state index in [1.165, 1.54) is 0 Å². The topological polar surface area (TPSA) is 89.3 Å². The van der Waals surface area contributed by atoms with Crippen molar-refractivity contribution in [2.75, 3.05) is 5.32 Å². The van der Waals surface area contributed by atoms with Gasteiger partial charge in [-0.1, -0.05) is 6.07 Å². The van der Waals surface area contributed by atoms with Gasteiger partial charge in [0.25, 0.3) is 0 Å². The van der Waals surface area contributed by atoms with Crippen molar-refractivity contribution >= 4 is 22.8 Å². The molecule has 0 aliphatic rings. The molecule has 1 aromatic carbocycles. The Kier molecular flexibility index (Phi) is 4.41. The van der Waals surface area contributed by atoms with E-state index < -0.39 is 11.7 Å². The van der Waals surface area contributed by atoms with Crippen LogP contribution >= 0.6 is 0 Å². The molecule has 7 nitrogen and oxygen atoms in total. The zero-order valence-electron chi connectivity index (χ0n) is 14.4. The van der Waals surface area contributed by atoms with Gasteiger partial charge in [-0.3, -0.25) is 10.3 Å². The van der Waals surface area contributed by atoms with Crippen LogP contribution < -0.4 is 5.32 Å². The molecule has 1 amide bonds. The van der Waals surface area contributed by atoms with Crippen molar-refractivity contribution in [1.29, 1.82) is 0 Å². The lowest BCUT2D eigenvalue weighted by molar-refractivity contribution is 0.0635. The molecule has 3 rings (SSSR count). The standard InChI is InChI=1S/C18H20N4O3/c1-18(2,3)25-17(24)20-16-10-12(11-23)21-22(16)15-8-4-7-14-13(15)6-5-9-19-14/h4-10,23H,11H2,1-3H3,(H,20,24). The van der Waals surface area contributed by atoms with Gasteiger partial charge in [-0.2, -0.15) is 5.10 Å². The molecule has 0 radical (unpaired) electrons. The first-order valence-electron chi connectivity index (χ1n) is 7.91. The van der Waals surface area contributed by atoms with Crippen LogP contribution in [-0.2, 0) is 11.3 Å². The van der Waals surface area contributed by atoms with Crippen LogP contribution in [0.1, 0.15) is 26.5 Å². The van der Waals surface area contributed by atoms with Crippen LogP contribution in [-0.4, -0.2) is 31.6 Å². The molecular weight excluding hydrogens is 320 g/mol. The number of pyridine rings is 1. The number of nitrogens with one attached hydrogen (secondary N) is 1. The molecule has 2 aromatic heterocycles. The van der Waals surface area contributed by atoms with Gasteiger partial charge >= 0.3 is 6.09 Å². The number of anilines is 1. The average Bonchev–Trinajstić information content (AvgIpc) is 2.95. The van der Waals surface area contributed by atoms with E-state index >= 15 is 0 Å². The second-order valence-electron chi connectivity index (χ2n) is 6.56. The van der Waals surface area contributed by atoms with E-state index in [-0.39, 0.29) is 6.61 Å². The van der Waals surface area contributed by atoms with Crippen molar-refractivity contribution in [3.8, 4) is 5.69 Å². The zero-order chi connectivity index (χ0) is 18.0. The van der Waals surface area contributed by atoms with Gasteiger partial charge in [0.15, 0.2) is 0 Å². The average molecular weight is 340 g/mol. The summed E-state index contributed by atoms with van der Waals surface area (Å²) in [5.74, 6) is 0.412. The van der Waals surface area contributed by atoms with E-state index in [9.17, 15) is 9.90 Å². The van der Waals surface area contributed by atoms with Crippen molar-refractivity contribution in [2.45, 2.75) is 33.0 Å². The Labute approximate surface area is 145 Å². The Morgan fingerprint density at radius 1 is 1.28 bits per heavy atom. The zero-order valence-corrected chi connectivity index (χ0v) is 14.4. The fourth-order valence-corrected chi connectivity index (χ4v) is 2.46. The number of ether oxygens (including phenoxy) is 1. The maximum Gasteiger partial charge on any atom is 0.413 e. The molecule has 7 heteroatoms. The Hall–Kier alpha value is -2.93. The molecule has 25 heavy (non-hydrogen) atoms. The quantitative estimate of drug-likeness (QED) is 0.764. The van der Waals surface area contributed by atoms with E-state index in [0.717, 1.165) is 16.6 Å². The molecule has 0 spiro atoms. The Bertz CT molecular complexity index is 907. The smallest absolute Gasteiger partial charge is 0.413 e. The van der Waals surface area contributed by atoms with E-state index in [0.29, 0.717) is 11.5 Å². The lowest BCUT2D eigenvalue weighted by Gasteiger charge is -2.20. The highest BCUT2D eigenvalue weighted by Crippen LogP contribution is 2.25. The van der Waals surface area contributed by atoms with Crippen LogP contribution in [0.2, 0.25) is 0 Å². The number of amides is 1. The number of rotatable bonds is 3. The van der Waals surface area contributed by atoms with Crippen molar-refractivity contribution in [3.05, 3.63) is 48.3 Å². The largest absolute Gasteiger partial charge is 0.444 e. The van der Waals surface area contributed by atoms with E-state index in [2.05, 4.69) is 15.4 Å². The maximum atomic E-state index is 12.1. The molecule has 0 aliphatic carbocycles. The van der Waals surface area contributed by atoms with Gasteiger partial charge in [0, 0.05) is 17.6 Å². The molecule has 0 saturated heterocycles. The minimum absolute atomic E-state index is 0.237. The summed E-state index contributed by atoms with van der Waals surface area (Å²) >= 11 is 0. The highest BCUT2D eigenvalue weighted by Gasteiger charge is 2.19. The minimum atomic E-state index is -0.613. The molecule has 2 heterocycles. The Morgan fingerprint density at radius 3 is 2.80 bits per heavy atom. The Balaban J connectivity index is 2.04. The molecule has 0 unspecified atom stereocenters. The number of hydrogen-bond acceptors (Lipinski definition) is 5. The minimum Gasteiger partial charge on any atom is -0.444 e. The third-order valence-corrected chi connectivity index (χ3v) is 3.40. The fourth-order valence-electron chi connectivity index (χ4n) is 2.46. The van der Waals surface area contributed by atoms with Crippen LogP contribution in [0.15, 0.2) is 42.6 Å². The molecule has 0 fully saturated rings. The van der Waals surface area contributed by atoms with Gasteiger partial charge in [0.05, 0.1) is 23.5 Å². The first-order chi connectivity index (χ1) is 11.9. The number of aliphatic hydroxyl groups is 1. The van der Waals surface area contributed by atoms with Crippen LogP contribution in [0.4, 0.5) is 10.6 Å². The van der Waals surface area contributed by atoms with Gasteiger partial charge in [-0.05, 0) is 45.0 Å². The normalized spacial score (nSPS) is 11.5. The lowest BCUT2D eigenvalue weighted by atomic mass is 10.2. The van der Waals surface area contributed by atoms with Crippen LogP contribution in [0, 0.1) is 0 Å². The summed E-state index contributed by atoms with van der Waals surface area (Å²) in [6.45, 7) is 5.14. The van der Waals surface area contributed by atoms with Gasteiger partial charge in [0.2, 0.25) is 0 Å². The molecule has 0 saturated carbocycles. The van der Waals surface area contributed by atoms with Gasteiger partial charge < -0.3 is 9.84 Å². The van der Waals surface area contributed by atoms with Crippen LogP contribution in [0.3, 0.4) is 0 Å². The van der Waals surface area contributed by atoms with Crippen LogP contribution in [0.25, 0.3) is 16.6 Å². The highest BCUT2D eigenvalue weighted by atomic mass is 16.6. The maximum absolute atomic E-state index is 12.1. The molecule has 3 aromatic rings. The van der Waals surface area contributed by atoms with Crippen LogP contribution in [0.5, 0.6) is 0 Å². The predicted octanol–water partition coefficient (Wildman–Crippen LogP) is 3.26. The number of carbonyl (C=O) groups excluding carboxylic acids is 1. The predicted molar refractivity (Wildman–Crippen MR) is 94.6 cm³/mol. The number of fused-ring (bicyclic) bond motifs is 1. The van der Waals surface area contributed by atoms with Gasteiger partial charge in [0.1, 0.15) is 11.4 Å². The fraction of sp³-hybridized carbons (Fsp3) is 0.278. The number of aromatic nitrogens is 3. The second kappa shape index (κ2) is 6.52. The molecular formula is C18H20N4O3. The molecule has 2 N–H and O–H groups in total. The number of hydrogen-bond donors (Lipinski definition) is 2. The van der Waals surface area contributed by atoms with E-state index in [1.54, 1.807) is 37.7 Å². The van der Waals surface area contributed by atoms with Crippen molar-refractivity contribution in [3.63, 3.8) is 0 Å². The molecule has 0 aliphatic heterocycles. The van der Waals surface area contributed by atoms with E-state index in [4.69, 9.17) is 4.74 Å². The number of nitrogens with zero attached hydrogens (tertiary/aromatic N) is 3. The third-order valence-electron chi connectivity index (χ3n) is 3.40. The SMILES string of the molecule is CC(C)(C)OC(=O)Nc1cc(CO)nn1-c1cccc2ncccc12. The molecule has 0 bridgehead atoms. The monoisotopic (exact) mass is 340 g/mol. The lowest BCUT2D eigenvalue weighted by Crippen LogP contribution is -2.27. The summed E-state index contributed by atoms with van der Waals surface area (Å²) in [6.07, 6.45) is 1.13.